The van der Waals surface area contributed by atoms with Crippen molar-refractivity contribution in [3.05, 3.63) is 0 Å². The lowest BCUT2D eigenvalue weighted by Crippen LogP contribution is -2.39. The molecule has 1 rings (SSSR count). The van der Waals surface area contributed by atoms with Crippen molar-refractivity contribution in [3.63, 3.8) is 0 Å². The standard InChI is InChI=1S/C10H16N2O2/c1-3-5-11-7-9(13)12-6-4-10(2,14)8-12/h1,11,14H,4-8H2,2H3. The molecule has 4 nitrogen and oxygen atoms in total. The Hall–Kier alpha value is -1.05. The number of terminal acetylenes is 1. The zero-order chi connectivity index (χ0) is 10.6. The van der Waals surface area contributed by atoms with Crippen molar-refractivity contribution in [2.24, 2.45) is 0 Å². The summed E-state index contributed by atoms with van der Waals surface area (Å²) in [5.41, 5.74) is -0.720. The van der Waals surface area contributed by atoms with E-state index in [4.69, 9.17) is 6.42 Å². The highest BCUT2D eigenvalue weighted by Gasteiger charge is 2.33. The molecule has 0 aliphatic carbocycles. The predicted molar refractivity (Wildman–Crippen MR) is 53.5 cm³/mol. The Bertz CT molecular complexity index is 255. The van der Waals surface area contributed by atoms with Gasteiger partial charge in [-0.25, -0.2) is 0 Å². The summed E-state index contributed by atoms with van der Waals surface area (Å²) in [6.07, 6.45) is 5.68. The van der Waals surface area contributed by atoms with Crippen LogP contribution >= 0.6 is 0 Å². The molecule has 0 aromatic rings. The molecule has 0 aromatic carbocycles. The Balaban J connectivity index is 2.30. The van der Waals surface area contributed by atoms with Crippen molar-refractivity contribution in [1.29, 1.82) is 0 Å². The van der Waals surface area contributed by atoms with Crippen LogP contribution in [0.4, 0.5) is 0 Å². The summed E-state index contributed by atoms with van der Waals surface area (Å²) in [5.74, 6) is 2.40. The molecular weight excluding hydrogens is 180 g/mol. The SMILES string of the molecule is C#CCNCC(=O)N1CCC(C)(O)C1. The average molecular weight is 196 g/mol. The summed E-state index contributed by atoms with van der Waals surface area (Å²) >= 11 is 0. The van der Waals surface area contributed by atoms with E-state index in [0.717, 1.165) is 0 Å². The maximum absolute atomic E-state index is 11.5. The molecule has 0 bridgehead atoms. The molecular formula is C10H16N2O2. The molecule has 14 heavy (non-hydrogen) atoms. The summed E-state index contributed by atoms with van der Waals surface area (Å²) in [7, 11) is 0. The Morgan fingerprint density at radius 2 is 2.50 bits per heavy atom. The average Bonchev–Trinajstić information content (AvgIpc) is 2.46. The third-order valence-corrected chi connectivity index (χ3v) is 2.31. The molecule has 1 fully saturated rings. The van der Waals surface area contributed by atoms with Gasteiger partial charge >= 0.3 is 0 Å². The number of hydrogen-bond acceptors (Lipinski definition) is 3. The van der Waals surface area contributed by atoms with Crippen LogP contribution in [-0.4, -0.2) is 47.7 Å². The van der Waals surface area contributed by atoms with Gasteiger partial charge in [0.05, 0.1) is 18.7 Å². The fourth-order valence-electron chi connectivity index (χ4n) is 1.51. The highest BCUT2D eigenvalue weighted by atomic mass is 16.3. The van der Waals surface area contributed by atoms with Crippen molar-refractivity contribution in [3.8, 4) is 12.3 Å². The Morgan fingerprint density at radius 1 is 1.79 bits per heavy atom. The number of nitrogens with zero attached hydrogens (tertiary/aromatic N) is 1. The number of rotatable bonds is 3. The summed E-state index contributed by atoms with van der Waals surface area (Å²) in [4.78, 5) is 13.1. The largest absolute Gasteiger partial charge is 0.388 e. The maximum Gasteiger partial charge on any atom is 0.236 e. The molecule has 1 aliphatic rings. The van der Waals surface area contributed by atoms with Crippen LogP contribution in [0.25, 0.3) is 0 Å². The molecule has 1 amide bonds. The molecule has 0 spiro atoms. The van der Waals surface area contributed by atoms with Crippen LogP contribution in [0.5, 0.6) is 0 Å². The number of carbonyl (C=O) groups excluding carboxylic acids is 1. The summed E-state index contributed by atoms with van der Waals surface area (Å²) in [5, 5.41) is 12.5. The highest BCUT2D eigenvalue weighted by Crippen LogP contribution is 2.19. The molecule has 1 aliphatic heterocycles. The molecule has 1 atom stereocenters. The molecule has 1 heterocycles. The minimum atomic E-state index is -0.720. The van der Waals surface area contributed by atoms with Crippen molar-refractivity contribution < 1.29 is 9.90 Å². The highest BCUT2D eigenvalue weighted by molar-refractivity contribution is 5.78. The van der Waals surface area contributed by atoms with Gasteiger partial charge < -0.3 is 10.0 Å². The fourth-order valence-corrected chi connectivity index (χ4v) is 1.51. The number of aliphatic hydroxyl groups is 1. The first kappa shape index (κ1) is 11.0. The van der Waals surface area contributed by atoms with Crippen LogP contribution in [0.15, 0.2) is 0 Å². The number of carbonyl (C=O) groups is 1. The normalized spacial score (nSPS) is 26.2. The second-order valence-electron chi connectivity index (χ2n) is 3.87. The molecule has 1 unspecified atom stereocenters. The number of likely N-dealkylation sites (tertiary alicyclic amines) is 1. The van der Waals surface area contributed by atoms with Gasteiger partial charge in [-0.05, 0) is 13.3 Å². The quantitative estimate of drug-likeness (QED) is 0.458. The lowest BCUT2D eigenvalue weighted by molar-refractivity contribution is -0.130. The predicted octanol–water partition coefficient (Wildman–Crippen LogP) is -0.807. The molecule has 0 aromatic heterocycles. The van der Waals surface area contributed by atoms with Gasteiger partial charge in [0.25, 0.3) is 0 Å². The topological polar surface area (TPSA) is 52.6 Å². The van der Waals surface area contributed by atoms with E-state index in [1.165, 1.54) is 0 Å². The molecule has 4 heteroatoms. The second-order valence-corrected chi connectivity index (χ2v) is 3.87. The van der Waals surface area contributed by atoms with E-state index in [9.17, 15) is 9.90 Å². The minimum Gasteiger partial charge on any atom is -0.388 e. The van der Waals surface area contributed by atoms with E-state index in [0.29, 0.717) is 26.1 Å². The van der Waals surface area contributed by atoms with Crippen molar-refractivity contribution in [1.82, 2.24) is 10.2 Å². The first-order chi connectivity index (χ1) is 6.55. The van der Waals surface area contributed by atoms with Gasteiger partial charge in [0.1, 0.15) is 0 Å². The number of amides is 1. The van der Waals surface area contributed by atoms with Gasteiger partial charge in [-0.2, -0.15) is 0 Å². The molecule has 0 radical (unpaired) electrons. The summed E-state index contributed by atoms with van der Waals surface area (Å²) in [6, 6.07) is 0. The minimum absolute atomic E-state index is 0.00183. The zero-order valence-corrected chi connectivity index (χ0v) is 8.42. The number of nitrogens with one attached hydrogen (secondary N) is 1. The van der Waals surface area contributed by atoms with E-state index in [2.05, 4.69) is 11.2 Å². The molecule has 0 saturated carbocycles. The van der Waals surface area contributed by atoms with E-state index < -0.39 is 5.60 Å². The zero-order valence-electron chi connectivity index (χ0n) is 8.42. The summed E-state index contributed by atoms with van der Waals surface area (Å²) in [6.45, 7) is 3.44. The third-order valence-electron chi connectivity index (χ3n) is 2.31. The van der Waals surface area contributed by atoms with Crippen LogP contribution < -0.4 is 5.32 Å². The molecule has 78 valence electrons. The van der Waals surface area contributed by atoms with Gasteiger partial charge in [0.15, 0.2) is 0 Å². The van der Waals surface area contributed by atoms with E-state index in [-0.39, 0.29) is 12.5 Å². The Kier molecular flexibility index (Phi) is 3.50. The van der Waals surface area contributed by atoms with E-state index in [1.807, 2.05) is 0 Å². The molecule has 1 saturated heterocycles. The smallest absolute Gasteiger partial charge is 0.236 e. The lowest BCUT2D eigenvalue weighted by atomic mass is 10.1. The van der Waals surface area contributed by atoms with Crippen LogP contribution in [0.1, 0.15) is 13.3 Å². The van der Waals surface area contributed by atoms with Gasteiger partial charge in [0.2, 0.25) is 5.91 Å². The number of hydrogen-bond donors (Lipinski definition) is 2. The van der Waals surface area contributed by atoms with Gasteiger partial charge in [0, 0.05) is 13.1 Å². The van der Waals surface area contributed by atoms with Crippen LogP contribution in [0.3, 0.4) is 0 Å². The molecule has 2 N–H and O–H groups in total. The second kappa shape index (κ2) is 4.45. The Morgan fingerprint density at radius 3 is 3.00 bits per heavy atom. The first-order valence-corrected chi connectivity index (χ1v) is 4.69. The maximum atomic E-state index is 11.5. The van der Waals surface area contributed by atoms with Crippen molar-refractivity contribution >= 4 is 5.91 Å². The van der Waals surface area contributed by atoms with Crippen LogP contribution in [-0.2, 0) is 4.79 Å². The van der Waals surface area contributed by atoms with Gasteiger partial charge in [-0.1, -0.05) is 5.92 Å². The third kappa shape index (κ3) is 3.02. The van der Waals surface area contributed by atoms with Crippen LogP contribution in [0, 0.1) is 12.3 Å². The van der Waals surface area contributed by atoms with Crippen molar-refractivity contribution in [2.45, 2.75) is 18.9 Å². The van der Waals surface area contributed by atoms with Crippen LogP contribution in [0.2, 0.25) is 0 Å². The monoisotopic (exact) mass is 196 g/mol. The van der Waals surface area contributed by atoms with Gasteiger partial charge in [-0.3, -0.25) is 10.1 Å². The number of β-amino-alcohol motifs (C(OH)–C–C–N with tert-alkyl or cyclic N) is 1. The fraction of sp³-hybridized carbons (Fsp3) is 0.700. The Labute approximate surface area is 84.3 Å². The lowest BCUT2D eigenvalue weighted by Gasteiger charge is -2.18. The first-order valence-electron chi connectivity index (χ1n) is 4.69. The summed E-state index contributed by atoms with van der Waals surface area (Å²) < 4.78 is 0. The van der Waals surface area contributed by atoms with E-state index in [1.54, 1.807) is 11.8 Å². The van der Waals surface area contributed by atoms with Crippen molar-refractivity contribution in [2.75, 3.05) is 26.2 Å². The van der Waals surface area contributed by atoms with E-state index >= 15 is 0 Å². The van der Waals surface area contributed by atoms with Gasteiger partial charge in [-0.15, -0.1) is 6.42 Å².